The van der Waals surface area contributed by atoms with Crippen molar-refractivity contribution >= 4 is 15.9 Å². The molecule has 2 aromatic rings. The van der Waals surface area contributed by atoms with E-state index in [9.17, 15) is 9.59 Å². The Hall–Kier alpha value is -1.89. The van der Waals surface area contributed by atoms with E-state index in [1.807, 2.05) is 0 Å². The van der Waals surface area contributed by atoms with E-state index in [0.29, 0.717) is 5.75 Å². The SMILES string of the molecule is Cn1cc(Br)c(OC2CCC(n3cnccc3=O)CC2)cc1=O. The molecule has 1 saturated carbocycles. The average molecular weight is 380 g/mol. The molecular formula is C16H18BrN3O3. The molecule has 0 radical (unpaired) electrons. The summed E-state index contributed by atoms with van der Waals surface area (Å²) in [6.45, 7) is 0. The molecule has 1 fully saturated rings. The van der Waals surface area contributed by atoms with Crippen LogP contribution in [-0.4, -0.2) is 20.2 Å². The van der Waals surface area contributed by atoms with Gasteiger partial charge in [-0.15, -0.1) is 0 Å². The van der Waals surface area contributed by atoms with Gasteiger partial charge in [0, 0.05) is 37.6 Å². The van der Waals surface area contributed by atoms with Crippen molar-refractivity contribution in [2.24, 2.45) is 7.05 Å². The molecule has 6 nitrogen and oxygen atoms in total. The predicted molar refractivity (Wildman–Crippen MR) is 89.8 cm³/mol. The number of aromatic nitrogens is 3. The summed E-state index contributed by atoms with van der Waals surface area (Å²) >= 11 is 3.43. The van der Waals surface area contributed by atoms with E-state index in [4.69, 9.17) is 4.74 Å². The summed E-state index contributed by atoms with van der Waals surface area (Å²) in [5, 5.41) is 0. The van der Waals surface area contributed by atoms with E-state index in [1.54, 1.807) is 24.1 Å². The predicted octanol–water partition coefficient (Wildman–Crippen LogP) is 2.27. The van der Waals surface area contributed by atoms with Crippen LogP contribution in [-0.2, 0) is 7.05 Å². The maximum Gasteiger partial charge on any atom is 0.254 e. The van der Waals surface area contributed by atoms with Crippen molar-refractivity contribution in [2.75, 3.05) is 0 Å². The molecule has 0 unspecified atom stereocenters. The van der Waals surface area contributed by atoms with Gasteiger partial charge in [-0.1, -0.05) is 0 Å². The Bertz CT molecular complexity index is 807. The van der Waals surface area contributed by atoms with Gasteiger partial charge in [0.05, 0.1) is 16.9 Å². The lowest BCUT2D eigenvalue weighted by Crippen LogP contribution is -2.31. The van der Waals surface area contributed by atoms with Gasteiger partial charge in [-0.25, -0.2) is 4.98 Å². The van der Waals surface area contributed by atoms with Crippen LogP contribution in [0.4, 0.5) is 0 Å². The number of hydrogen-bond acceptors (Lipinski definition) is 4. The molecule has 1 aliphatic carbocycles. The van der Waals surface area contributed by atoms with Gasteiger partial charge in [-0.3, -0.25) is 14.2 Å². The summed E-state index contributed by atoms with van der Waals surface area (Å²) in [6, 6.07) is 3.16. The highest BCUT2D eigenvalue weighted by Crippen LogP contribution is 2.31. The third-order valence-corrected chi connectivity index (χ3v) is 4.82. The van der Waals surface area contributed by atoms with E-state index >= 15 is 0 Å². The van der Waals surface area contributed by atoms with Gasteiger partial charge >= 0.3 is 0 Å². The number of aryl methyl sites for hydroxylation is 1. The van der Waals surface area contributed by atoms with Crippen molar-refractivity contribution in [1.82, 2.24) is 14.1 Å². The highest BCUT2D eigenvalue weighted by atomic mass is 79.9. The molecule has 0 saturated heterocycles. The first-order valence-electron chi connectivity index (χ1n) is 7.59. The molecule has 3 rings (SSSR count). The minimum absolute atomic E-state index is 0.0151. The highest BCUT2D eigenvalue weighted by Gasteiger charge is 2.24. The third kappa shape index (κ3) is 3.55. The van der Waals surface area contributed by atoms with Crippen molar-refractivity contribution in [3.05, 3.63) is 56.0 Å². The van der Waals surface area contributed by atoms with E-state index in [2.05, 4.69) is 20.9 Å². The van der Waals surface area contributed by atoms with Gasteiger partial charge in [0.1, 0.15) is 5.75 Å². The first-order chi connectivity index (χ1) is 11.0. The maximum absolute atomic E-state index is 11.9. The molecule has 2 heterocycles. The Morgan fingerprint density at radius 2 is 1.96 bits per heavy atom. The Morgan fingerprint density at radius 1 is 1.22 bits per heavy atom. The second kappa shape index (κ2) is 6.70. The molecule has 2 aromatic heterocycles. The summed E-state index contributed by atoms with van der Waals surface area (Å²) < 4.78 is 9.94. The minimum atomic E-state index is -0.0983. The van der Waals surface area contributed by atoms with Crippen molar-refractivity contribution in [3.8, 4) is 5.75 Å². The van der Waals surface area contributed by atoms with Crippen LogP contribution < -0.4 is 15.9 Å². The minimum Gasteiger partial charge on any atom is -0.489 e. The van der Waals surface area contributed by atoms with Crippen LogP contribution in [0.1, 0.15) is 31.7 Å². The molecule has 0 aromatic carbocycles. The summed E-state index contributed by atoms with van der Waals surface area (Å²) in [5.41, 5.74) is -0.113. The summed E-state index contributed by atoms with van der Waals surface area (Å²) in [5.74, 6) is 0.579. The molecule has 0 amide bonds. The standard InChI is InChI=1S/C16H18BrN3O3/c1-19-9-13(17)14(8-16(19)22)23-12-4-2-11(3-5-12)20-10-18-7-6-15(20)21/h6-12H,2-5H2,1H3. The molecule has 23 heavy (non-hydrogen) atoms. The van der Waals surface area contributed by atoms with Crippen molar-refractivity contribution in [2.45, 2.75) is 37.8 Å². The fourth-order valence-corrected chi connectivity index (χ4v) is 3.44. The van der Waals surface area contributed by atoms with Gasteiger partial charge in [0.25, 0.3) is 11.1 Å². The van der Waals surface area contributed by atoms with Crippen molar-refractivity contribution in [1.29, 1.82) is 0 Å². The largest absolute Gasteiger partial charge is 0.489 e. The van der Waals surface area contributed by atoms with Crippen molar-refractivity contribution in [3.63, 3.8) is 0 Å². The number of halogens is 1. The number of rotatable bonds is 3. The van der Waals surface area contributed by atoms with Gasteiger partial charge in [0.15, 0.2) is 0 Å². The second-order valence-corrected chi connectivity index (χ2v) is 6.66. The smallest absolute Gasteiger partial charge is 0.254 e. The number of nitrogens with zero attached hydrogens (tertiary/aromatic N) is 3. The highest BCUT2D eigenvalue weighted by molar-refractivity contribution is 9.10. The molecule has 1 aliphatic rings. The normalized spacial score (nSPS) is 21.1. The maximum atomic E-state index is 11.9. The van der Waals surface area contributed by atoms with Crippen LogP contribution >= 0.6 is 15.9 Å². The second-order valence-electron chi connectivity index (χ2n) is 5.81. The molecule has 0 spiro atoms. The molecule has 7 heteroatoms. The molecule has 0 N–H and O–H groups in total. The third-order valence-electron chi connectivity index (χ3n) is 4.22. The molecular weight excluding hydrogens is 362 g/mol. The summed E-state index contributed by atoms with van der Waals surface area (Å²) in [7, 11) is 1.70. The van der Waals surface area contributed by atoms with Crippen LogP contribution in [0.5, 0.6) is 5.75 Å². The Labute approximate surface area is 141 Å². The molecule has 122 valence electrons. The zero-order chi connectivity index (χ0) is 16.4. The quantitative estimate of drug-likeness (QED) is 0.820. The Morgan fingerprint density at radius 3 is 2.65 bits per heavy atom. The topological polar surface area (TPSA) is 66.1 Å². The van der Waals surface area contributed by atoms with Crippen LogP contribution in [0.25, 0.3) is 0 Å². The number of pyridine rings is 1. The average Bonchev–Trinajstić information content (AvgIpc) is 2.54. The first kappa shape index (κ1) is 16.0. The summed E-state index contributed by atoms with van der Waals surface area (Å²) in [4.78, 5) is 27.6. The monoisotopic (exact) mass is 379 g/mol. The van der Waals surface area contributed by atoms with E-state index in [1.165, 1.54) is 22.9 Å². The van der Waals surface area contributed by atoms with E-state index in [-0.39, 0.29) is 23.3 Å². The number of ether oxygens (including phenoxy) is 1. The summed E-state index contributed by atoms with van der Waals surface area (Å²) in [6.07, 6.45) is 8.28. The zero-order valence-corrected chi connectivity index (χ0v) is 14.4. The van der Waals surface area contributed by atoms with Crippen molar-refractivity contribution < 1.29 is 4.74 Å². The lowest BCUT2D eigenvalue weighted by Gasteiger charge is -2.30. The first-order valence-corrected chi connectivity index (χ1v) is 8.39. The van der Waals surface area contributed by atoms with Gasteiger partial charge in [0.2, 0.25) is 0 Å². The molecule has 0 aliphatic heterocycles. The van der Waals surface area contributed by atoms with Gasteiger partial charge in [-0.05, 0) is 41.6 Å². The van der Waals surface area contributed by atoms with Crippen LogP contribution in [0.3, 0.4) is 0 Å². The molecule has 0 bridgehead atoms. The Kier molecular flexibility index (Phi) is 4.66. The number of hydrogen-bond donors (Lipinski definition) is 0. The van der Waals surface area contributed by atoms with Crippen LogP contribution in [0, 0.1) is 0 Å². The fraction of sp³-hybridized carbons (Fsp3) is 0.438. The Balaban J connectivity index is 1.66. The fourth-order valence-electron chi connectivity index (χ4n) is 2.93. The van der Waals surface area contributed by atoms with Crippen LogP contribution in [0.2, 0.25) is 0 Å². The zero-order valence-electron chi connectivity index (χ0n) is 12.8. The van der Waals surface area contributed by atoms with Crippen LogP contribution in [0.15, 0.2) is 44.9 Å². The lowest BCUT2D eigenvalue weighted by atomic mass is 9.92. The molecule has 0 atom stereocenters. The van der Waals surface area contributed by atoms with E-state index < -0.39 is 0 Å². The van der Waals surface area contributed by atoms with E-state index in [0.717, 1.165) is 30.2 Å². The van der Waals surface area contributed by atoms with Gasteiger partial charge < -0.3 is 9.30 Å². The van der Waals surface area contributed by atoms with Gasteiger partial charge in [-0.2, -0.15) is 0 Å². The lowest BCUT2D eigenvalue weighted by molar-refractivity contribution is 0.130.